The summed E-state index contributed by atoms with van der Waals surface area (Å²) in [5.41, 5.74) is -0.136. The van der Waals surface area contributed by atoms with E-state index in [0.717, 1.165) is 12.1 Å². The van der Waals surface area contributed by atoms with E-state index in [4.69, 9.17) is 22.3 Å². The Balaban J connectivity index is 3.03. The largest absolute Gasteiger partial charge is 0.390 e. The monoisotopic (exact) mass is 363 g/mol. The predicted octanol–water partition coefficient (Wildman–Crippen LogP) is 3.26. The number of amides is 1. The van der Waals surface area contributed by atoms with Crippen molar-refractivity contribution in [2.75, 3.05) is 6.54 Å². The lowest BCUT2D eigenvalue weighted by Gasteiger charge is -2.12. The lowest BCUT2D eigenvalue weighted by Crippen LogP contribution is -2.28. The zero-order valence-corrected chi connectivity index (χ0v) is 12.9. The molecule has 10 heteroatoms. The third kappa shape index (κ3) is 5.37. The van der Waals surface area contributed by atoms with Crippen molar-refractivity contribution in [3.63, 3.8) is 0 Å². The van der Waals surface area contributed by atoms with Crippen LogP contribution >= 0.6 is 22.3 Å². The normalized spacial score (nSPS) is 12.3. The number of benzene rings is 1. The molecule has 0 unspecified atom stereocenters. The first-order valence-electron chi connectivity index (χ1n) is 5.51. The van der Waals surface area contributed by atoms with Crippen LogP contribution in [0.4, 0.5) is 13.2 Å². The highest BCUT2D eigenvalue weighted by molar-refractivity contribution is 8.13. The SMILES string of the molecule is Cc1c(C(=O)NCCC(F)(F)F)cc(Cl)cc1S(=O)(=O)Cl. The molecule has 0 aliphatic carbocycles. The Morgan fingerprint density at radius 1 is 1.33 bits per heavy atom. The van der Waals surface area contributed by atoms with Crippen molar-refractivity contribution in [1.82, 2.24) is 5.32 Å². The third-order valence-corrected chi connectivity index (χ3v) is 4.19. The third-order valence-electron chi connectivity index (χ3n) is 2.53. The molecule has 1 amide bonds. The molecule has 1 aromatic rings. The number of nitrogens with one attached hydrogen (secondary N) is 1. The molecule has 1 aromatic carbocycles. The molecule has 0 saturated heterocycles. The lowest BCUT2D eigenvalue weighted by atomic mass is 10.1. The zero-order valence-electron chi connectivity index (χ0n) is 10.6. The van der Waals surface area contributed by atoms with Crippen molar-refractivity contribution < 1.29 is 26.4 Å². The summed E-state index contributed by atoms with van der Waals surface area (Å²) in [7, 11) is 1.08. The topological polar surface area (TPSA) is 63.2 Å². The van der Waals surface area contributed by atoms with Crippen LogP contribution in [0.5, 0.6) is 0 Å². The number of carbonyl (C=O) groups excluding carboxylic acids is 1. The van der Waals surface area contributed by atoms with E-state index in [2.05, 4.69) is 0 Å². The minimum absolute atomic E-state index is 0.0129. The molecule has 0 bridgehead atoms. The summed E-state index contributed by atoms with van der Waals surface area (Å²) in [6, 6.07) is 2.22. The van der Waals surface area contributed by atoms with Crippen LogP contribution in [0.25, 0.3) is 0 Å². The fraction of sp³-hybridized carbons (Fsp3) is 0.364. The van der Waals surface area contributed by atoms with Gasteiger partial charge in [0.05, 0.1) is 11.3 Å². The molecule has 1 N–H and O–H groups in total. The highest BCUT2D eigenvalue weighted by Gasteiger charge is 2.27. The molecular formula is C11H10Cl2F3NO3S. The van der Waals surface area contributed by atoms with Gasteiger partial charge in [-0.05, 0) is 24.6 Å². The zero-order chi connectivity index (χ0) is 16.4. The fourth-order valence-corrected chi connectivity index (χ4v) is 3.06. The van der Waals surface area contributed by atoms with Crippen LogP contribution in [0, 0.1) is 6.92 Å². The predicted molar refractivity (Wildman–Crippen MR) is 72.2 cm³/mol. The quantitative estimate of drug-likeness (QED) is 0.835. The molecule has 0 atom stereocenters. The Kier molecular flexibility index (Phi) is 5.51. The van der Waals surface area contributed by atoms with Gasteiger partial charge >= 0.3 is 6.18 Å². The highest BCUT2D eigenvalue weighted by atomic mass is 35.7. The van der Waals surface area contributed by atoms with Gasteiger partial charge in [-0.1, -0.05) is 11.6 Å². The Morgan fingerprint density at radius 2 is 1.90 bits per heavy atom. The Hall–Kier alpha value is -0.990. The van der Waals surface area contributed by atoms with Crippen LogP contribution in [-0.4, -0.2) is 27.0 Å². The minimum Gasteiger partial charge on any atom is -0.352 e. The first kappa shape index (κ1) is 18.1. The maximum atomic E-state index is 12.0. The molecule has 0 radical (unpaired) electrons. The molecule has 118 valence electrons. The Bertz CT molecular complexity index is 659. The average Bonchev–Trinajstić information content (AvgIpc) is 2.28. The van der Waals surface area contributed by atoms with Gasteiger partial charge in [-0.3, -0.25) is 4.79 Å². The van der Waals surface area contributed by atoms with Gasteiger partial charge in [0.25, 0.3) is 15.0 Å². The van der Waals surface area contributed by atoms with Crippen LogP contribution < -0.4 is 5.32 Å². The van der Waals surface area contributed by atoms with Gasteiger partial charge in [-0.2, -0.15) is 13.2 Å². The molecule has 0 aliphatic rings. The number of alkyl halides is 3. The van der Waals surface area contributed by atoms with E-state index in [-0.39, 0.29) is 21.0 Å². The molecule has 0 saturated carbocycles. The molecule has 1 rings (SSSR count). The molecule has 0 heterocycles. The summed E-state index contributed by atoms with van der Waals surface area (Å²) in [5.74, 6) is -0.860. The van der Waals surface area contributed by atoms with Crippen LogP contribution in [0.2, 0.25) is 5.02 Å². The van der Waals surface area contributed by atoms with Gasteiger partial charge in [0.1, 0.15) is 0 Å². The number of halogens is 5. The summed E-state index contributed by atoms with van der Waals surface area (Å²) < 4.78 is 58.7. The van der Waals surface area contributed by atoms with E-state index in [9.17, 15) is 26.4 Å². The van der Waals surface area contributed by atoms with E-state index >= 15 is 0 Å². The lowest BCUT2D eigenvalue weighted by molar-refractivity contribution is -0.132. The van der Waals surface area contributed by atoms with Crippen molar-refractivity contribution in [3.05, 3.63) is 28.3 Å². The van der Waals surface area contributed by atoms with Gasteiger partial charge in [0.2, 0.25) is 0 Å². The molecule has 0 fully saturated rings. The van der Waals surface area contributed by atoms with Crippen LogP contribution in [0.15, 0.2) is 17.0 Å². The van der Waals surface area contributed by atoms with Crippen molar-refractivity contribution in [3.8, 4) is 0 Å². The van der Waals surface area contributed by atoms with E-state index in [1.165, 1.54) is 6.92 Å². The molecular weight excluding hydrogens is 354 g/mol. The molecule has 21 heavy (non-hydrogen) atoms. The first-order chi connectivity index (χ1) is 9.42. The van der Waals surface area contributed by atoms with Crippen LogP contribution in [-0.2, 0) is 9.05 Å². The smallest absolute Gasteiger partial charge is 0.352 e. The van der Waals surface area contributed by atoms with Crippen molar-refractivity contribution in [2.24, 2.45) is 0 Å². The van der Waals surface area contributed by atoms with E-state index in [1.54, 1.807) is 0 Å². The van der Waals surface area contributed by atoms with Gasteiger partial charge in [0, 0.05) is 27.8 Å². The van der Waals surface area contributed by atoms with E-state index in [0.29, 0.717) is 0 Å². The summed E-state index contributed by atoms with van der Waals surface area (Å²) in [6.07, 6.45) is -5.60. The summed E-state index contributed by atoms with van der Waals surface area (Å²) in [6.45, 7) is 0.682. The number of hydrogen-bond acceptors (Lipinski definition) is 3. The van der Waals surface area contributed by atoms with Crippen molar-refractivity contribution in [1.29, 1.82) is 0 Å². The van der Waals surface area contributed by atoms with Crippen LogP contribution in [0.1, 0.15) is 22.3 Å². The number of rotatable bonds is 4. The summed E-state index contributed by atoms with van der Waals surface area (Å²) >= 11 is 5.70. The van der Waals surface area contributed by atoms with Gasteiger partial charge < -0.3 is 5.32 Å². The summed E-state index contributed by atoms with van der Waals surface area (Å²) in [5, 5.41) is 1.98. The fourth-order valence-electron chi connectivity index (χ4n) is 1.56. The molecule has 0 aliphatic heterocycles. The van der Waals surface area contributed by atoms with E-state index in [1.807, 2.05) is 5.32 Å². The minimum atomic E-state index is -4.40. The van der Waals surface area contributed by atoms with Crippen molar-refractivity contribution in [2.45, 2.75) is 24.4 Å². The van der Waals surface area contributed by atoms with Crippen molar-refractivity contribution >= 4 is 37.2 Å². The van der Waals surface area contributed by atoms with E-state index < -0.39 is 34.1 Å². The second-order valence-corrected chi connectivity index (χ2v) is 7.11. The molecule has 0 aromatic heterocycles. The van der Waals surface area contributed by atoms with Gasteiger partial charge in [0.15, 0.2) is 0 Å². The molecule has 4 nitrogen and oxygen atoms in total. The van der Waals surface area contributed by atoms with Gasteiger partial charge in [-0.15, -0.1) is 0 Å². The summed E-state index contributed by atoms with van der Waals surface area (Å²) in [4.78, 5) is 11.4. The maximum absolute atomic E-state index is 12.0. The average molecular weight is 364 g/mol. The number of hydrogen-bond donors (Lipinski definition) is 1. The Morgan fingerprint density at radius 3 is 2.38 bits per heavy atom. The maximum Gasteiger partial charge on any atom is 0.390 e. The van der Waals surface area contributed by atoms with Crippen LogP contribution in [0.3, 0.4) is 0 Å². The second-order valence-electron chi connectivity index (χ2n) is 4.14. The standard InChI is InChI=1S/C11H10Cl2F3NO3S/c1-6-8(10(18)17-3-2-11(14,15)16)4-7(12)5-9(6)21(13,19)20/h4-5H,2-3H2,1H3,(H,17,18). The first-order valence-corrected chi connectivity index (χ1v) is 8.20. The highest BCUT2D eigenvalue weighted by Crippen LogP contribution is 2.27. The molecule has 0 spiro atoms. The second kappa shape index (κ2) is 6.41. The van der Waals surface area contributed by atoms with Gasteiger partial charge in [-0.25, -0.2) is 8.42 Å². The number of carbonyl (C=O) groups is 1. The Labute approximate surface area is 128 Å².